The van der Waals surface area contributed by atoms with Gasteiger partial charge in [0.05, 0.1) is 12.5 Å². The maximum absolute atomic E-state index is 11.3. The zero-order chi connectivity index (χ0) is 12.2. The van der Waals surface area contributed by atoms with Crippen LogP contribution in [0.2, 0.25) is 0 Å². The molecule has 1 rings (SSSR count). The summed E-state index contributed by atoms with van der Waals surface area (Å²) in [4.78, 5) is 11.3. The number of hydrogen-bond donors (Lipinski definition) is 2. The molecule has 0 spiro atoms. The van der Waals surface area contributed by atoms with Crippen LogP contribution in [0, 0.1) is 5.92 Å². The van der Waals surface area contributed by atoms with Gasteiger partial charge in [0, 0.05) is 6.54 Å². The summed E-state index contributed by atoms with van der Waals surface area (Å²) >= 11 is 0. The van der Waals surface area contributed by atoms with E-state index in [9.17, 15) is 4.79 Å². The average molecular weight is 229 g/mol. The predicted molar refractivity (Wildman–Crippen MR) is 62.1 cm³/mol. The number of aliphatic hydroxyl groups is 1. The third kappa shape index (κ3) is 5.47. The molecule has 1 fully saturated rings. The molecule has 1 saturated carbocycles. The minimum absolute atomic E-state index is 0.0994. The molecular formula is C12H23NO3. The van der Waals surface area contributed by atoms with Gasteiger partial charge in [-0.3, -0.25) is 4.79 Å². The SMILES string of the molecule is CC(C)(C)OC(=O)CCNCC1CC(O)C1. The Hall–Kier alpha value is -0.610. The van der Waals surface area contributed by atoms with Crippen molar-refractivity contribution in [2.24, 2.45) is 5.92 Å². The molecule has 0 radical (unpaired) electrons. The van der Waals surface area contributed by atoms with Crippen LogP contribution in [0.15, 0.2) is 0 Å². The van der Waals surface area contributed by atoms with Crippen LogP contribution in [-0.4, -0.2) is 35.9 Å². The van der Waals surface area contributed by atoms with Crippen LogP contribution in [0.3, 0.4) is 0 Å². The molecule has 0 aromatic rings. The summed E-state index contributed by atoms with van der Waals surface area (Å²) in [6.07, 6.45) is 2.09. The quantitative estimate of drug-likeness (QED) is 0.547. The second kappa shape index (κ2) is 5.64. The molecule has 0 heterocycles. The summed E-state index contributed by atoms with van der Waals surface area (Å²) in [5.41, 5.74) is -0.394. The van der Waals surface area contributed by atoms with Crippen molar-refractivity contribution in [2.75, 3.05) is 13.1 Å². The van der Waals surface area contributed by atoms with Crippen LogP contribution in [0.1, 0.15) is 40.0 Å². The Bertz CT molecular complexity index is 229. The van der Waals surface area contributed by atoms with Crippen molar-refractivity contribution in [1.82, 2.24) is 5.32 Å². The van der Waals surface area contributed by atoms with Gasteiger partial charge in [-0.25, -0.2) is 0 Å². The molecule has 0 saturated heterocycles. The first-order valence-corrected chi connectivity index (χ1v) is 5.97. The van der Waals surface area contributed by atoms with Crippen LogP contribution in [0.5, 0.6) is 0 Å². The van der Waals surface area contributed by atoms with Gasteiger partial charge in [0.25, 0.3) is 0 Å². The van der Waals surface area contributed by atoms with E-state index in [2.05, 4.69) is 5.32 Å². The first-order chi connectivity index (χ1) is 7.37. The summed E-state index contributed by atoms with van der Waals surface area (Å²) in [5.74, 6) is 0.419. The lowest BCUT2D eigenvalue weighted by Crippen LogP contribution is -2.37. The van der Waals surface area contributed by atoms with Crippen molar-refractivity contribution >= 4 is 5.97 Å². The van der Waals surface area contributed by atoms with E-state index >= 15 is 0 Å². The molecule has 1 aliphatic rings. The maximum Gasteiger partial charge on any atom is 0.307 e. The van der Waals surface area contributed by atoms with Crippen LogP contribution in [0.25, 0.3) is 0 Å². The molecule has 0 unspecified atom stereocenters. The smallest absolute Gasteiger partial charge is 0.307 e. The fourth-order valence-corrected chi connectivity index (χ4v) is 1.76. The number of aliphatic hydroxyl groups excluding tert-OH is 1. The van der Waals surface area contributed by atoms with Crippen LogP contribution in [0.4, 0.5) is 0 Å². The number of esters is 1. The fourth-order valence-electron chi connectivity index (χ4n) is 1.76. The Balaban J connectivity index is 1.96. The lowest BCUT2D eigenvalue weighted by Gasteiger charge is -2.31. The van der Waals surface area contributed by atoms with E-state index in [1.807, 2.05) is 20.8 Å². The van der Waals surface area contributed by atoms with Crippen molar-refractivity contribution in [2.45, 2.75) is 51.7 Å². The highest BCUT2D eigenvalue weighted by Crippen LogP contribution is 2.25. The Morgan fingerprint density at radius 3 is 2.56 bits per heavy atom. The molecule has 0 bridgehead atoms. The molecule has 0 atom stereocenters. The predicted octanol–water partition coefficient (Wildman–Crippen LogP) is 1.08. The topological polar surface area (TPSA) is 58.6 Å². The van der Waals surface area contributed by atoms with Crippen molar-refractivity contribution in [1.29, 1.82) is 0 Å². The van der Waals surface area contributed by atoms with Crippen LogP contribution < -0.4 is 5.32 Å². The van der Waals surface area contributed by atoms with E-state index in [1.54, 1.807) is 0 Å². The van der Waals surface area contributed by atoms with Crippen molar-refractivity contribution in [3.63, 3.8) is 0 Å². The molecule has 0 aromatic heterocycles. The second-order valence-electron chi connectivity index (χ2n) is 5.53. The summed E-state index contributed by atoms with van der Waals surface area (Å²) < 4.78 is 5.18. The molecule has 4 nitrogen and oxygen atoms in total. The number of rotatable bonds is 5. The number of carbonyl (C=O) groups is 1. The molecule has 1 aliphatic carbocycles. The van der Waals surface area contributed by atoms with Crippen molar-refractivity contribution in [3.05, 3.63) is 0 Å². The summed E-state index contributed by atoms with van der Waals surface area (Å²) in [6, 6.07) is 0. The van der Waals surface area contributed by atoms with Gasteiger partial charge in [0.15, 0.2) is 0 Å². The lowest BCUT2D eigenvalue weighted by molar-refractivity contribution is -0.154. The first-order valence-electron chi connectivity index (χ1n) is 5.97. The highest BCUT2D eigenvalue weighted by Gasteiger charge is 2.26. The zero-order valence-electron chi connectivity index (χ0n) is 10.5. The van der Waals surface area contributed by atoms with Crippen molar-refractivity contribution in [3.8, 4) is 0 Å². The van der Waals surface area contributed by atoms with Gasteiger partial charge in [0.1, 0.15) is 5.60 Å². The maximum atomic E-state index is 11.3. The molecule has 0 amide bonds. The molecular weight excluding hydrogens is 206 g/mol. The summed E-state index contributed by atoms with van der Waals surface area (Å²) in [6.45, 7) is 7.15. The Kier molecular flexibility index (Phi) is 4.74. The van der Waals surface area contributed by atoms with E-state index in [0.717, 1.165) is 19.4 Å². The Labute approximate surface area is 97.4 Å². The molecule has 2 N–H and O–H groups in total. The lowest BCUT2D eigenvalue weighted by atomic mass is 9.82. The third-order valence-electron chi connectivity index (χ3n) is 2.57. The number of nitrogens with one attached hydrogen (secondary N) is 1. The standard InChI is InChI=1S/C12H23NO3/c1-12(2,3)16-11(15)4-5-13-8-9-6-10(14)7-9/h9-10,13-14H,4-8H2,1-3H3. The van der Waals surface area contributed by atoms with E-state index in [1.165, 1.54) is 0 Å². The zero-order valence-corrected chi connectivity index (χ0v) is 10.5. The van der Waals surface area contributed by atoms with Gasteiger partial charge in [-0.1, -0.05) is 0 Å². The second-order valence-corrected chi connectivity index (χ2v) is 5.53. The van der Waals surface area contributed by atoms with Gasteiger partial charge in [-0.05, 0) is 46.1 Å². The normalized spacial score (nSPS) is 25.0. The first kappa shape index (κ1) is 13.5. The molecule has 4 heteroatoms. The number of ether oxygens (including phenoxy) is 1. The van der Waals surface area contributed by atoms with E-state index in [0.29, 0.717) is 18.9 Å². The molecule has 94 valence electrons. The summed E-state index contributed by atoms with van der Waals surface area (Å²) in [7, 11) is 0. The number of carbonyl (C=O) groups excluding carboxylic acids is 1. The fraction of sp³-hybridized carbons (Fsp3) is 0.917. The highest BCUT2D eigenvalue weighted by atomic mass is 16.6. The Morgan fingerprint density at radius 1 is 1.44 bits per heavy atom. The van der Waals surface area contributed by atoms with Crippen molar-refractivity contribution < 1.29 is 14.6 Å². The van der Waals surface area contributed by atoms with Gasteiger partial charge < -0.3 is 15.2 Å². The minimum atomic E-state index is -0.394. The highest BCUT2D eigenvalue weighted by molar-refractivity contribution is 5.70. The monoisotopic (exact) mass is 229 g/mol. The van der Waals surface area contributed by atoms with Gasteiger partial charge in [-0.2, -0.15) is 0 Å². The molecule has 0 aromatic carbocycles. The van der Waals surface area contributed by atoms with Crippen LogP contribution >= 0.6 is 0 Å². The van der Waals surface area contributed by atoms with Gasteiger partial charge >= 0.3 is 5.97 Å². The largest absolute Gasteiger partial charge is 0.460 e. The minimum Gasteiger partial charge on any atom is -0.460 e. The van der Waals surface area contributed by atoms with E-state index in [-0.39, 0.29) is 12.1 Å². The number of hydrogen-bond acceptors (Lipinski definition) is 4. The van der Waals surface area contributed by atoms with E-state index in [4.69, 9.17) is 9.84 Å². The molecule has 0 aliphatic heterocycles. The average Bonchev–Trinajstić information content (AvgIpc) is 2.05. The molecule has 16 heavy (non-hydrogen) atoms. The van der Waals surface area contributed by atoms with Gasteiger partial charge in [-0.15, -0.1) is 0 Å². The van der Waals surface area contributed by atoms with E-state index < -0.39 is 5.60 Å². The summed E-state index contributed by atoms with van der Waals surface area (Å²) in [5, 5.41) is 12.3. The third-order valence-corrected chi connectivity index (χ3v) is 2.57. The van der Waals surface area contributed by atoms with Gasteiger partial charge in [0.2, 0.25) is 0 Å². The Morgan fingerprint density at radius 2 is 2.06 bits per heavy atom. The van der Waals surface area contributed by atoms with Crippen LogP contribution in [-0.2, 0) is 9.53 Å².